The van der Waals surface area contributed by atoms with Gasteiger partial charge >= 0.3 is 5.97 Å². The van der Waals surface area contributed by atoms with Gasteiger partial charge in [0.25, 0.3) is 5.69 Å². The van der Waals surface area contributed by atoms with Crippen molar-refractivity contribution in [1.82, 2.24) is 0 Å². The molecule has 0 fully saturated rings. The van der Waals surface area contributed by atoms with Crippen LogP contribution in [0.3, 0.4) is 0 Å². The number of rotatable bonds is 3. The van der Waals surface area contributed by atoms with E-state index < -0.39 is 10.9 Å². The zero-order chi connectivity index (χ0) is 16.4. The summed E-state index contributed by atoms with van der Waals surface area (Å²) in [5, 5.41) is 11.0. The van der Waals surface area contributed by atoms with E-state index in [0.717, 1.165) is 5.56 Å². The lowest BCUT2D eigenvalue weighted by molar-refractivity contribution is -0.385. The van der Waals surface area contributed by atoms with Crippen LogP contribution in [0.2, 0.25) is 0 Å². The highest BCUT2D eigenvalue weighted by atomic mass is 16.6. The summed E-state index contributed by atoms with van der Waals surface area (Å²) < 4.78 is 5.13. The molecular formula is C17H12N2O4. The van der Waals surface area contributed by atoms with Crippen LogP contribution in [0.1, 0.15) is 16.7 Å². The van der Waals surface area contributed by atoms with E-state index in [1.807, 2.05) is 30.3 Å². The van der Waals surface area contributed by atoms with Gasteiger partial charge in [0.05, 0.1) is 4.92 Å². The van der Waals surface area contributed by atoms with Crippen molar-refractivity contribution in [2.24, 2.45) is 4.99 Å². The molecule has 1 aliphatic rings. The molecule has 0 spiro atoms. The lowest BCUT2D eigenvalue weighted by Crippen LogP contribution is -2.06. The van der Waals surface area contributed by atoms with Crippen molar-refractivity contribution in [2.75, 3.05) is 0 Å². The van der Waals surface area contributed by atoms with Crippen molar-refractivity contribution in [1.29, 1.82) is 0 Å². The van der Waals surface area contributed by atoms with E-state index in [-0.39, 0.29) is 17.3 Å². The Morgan fingerprint density at radius 2 is 1.91 bits per heavy atom. The summed E-state index contributed by atoms with van der Waals surface area (Å²) in [6.45, 7) is 1.64. The molecule has 0 saturated heterocycles. The zero-order valence-electron chi connectivity index (χ0n) is 12.2. The summed E-state index contributed by atoms with van der Waals surface area (Å²) in [5.74, 6) is -0.507. The Balaban J connectivity index is 1.97. The number of hydrogen-bond acceptors (Lipinski definition) is 5. The third-order valence-corrected chi connectivity index (χ3v) is 3.38. The lowest BCUT2D eigenvalue weighted by Gasteiger charge is -2.01. The second-order valence-electron chi connectivity index (χ2n) is 5.01. The van der Waals surface area contributed by atoms with Gasteiger partial charge in [-0.2, -0.15) is 0 Å². The number of ether oxygens (including phenoxy) is 1. The standard InChI is InChI=1S/C17H12N2O4/c1-11-7-8-13(10-15(11)19(21)22)16-18-14(17(20)23-16)9-12-5-3-2-4-6-12/h2-10H,1H3/b14-9-. The number of nitro benzene ring substituents is 1. The molecule has 0 atom stereocenters. The van der Waals surface area contributed by atoms with Crippen LogP contribution in [0.5, 0.6) is 0 Å². The Morgan fingerprint density at radius 1 is 1.17 bits per heavy atom. The van der Waals surface area contributed by atoms with Gasteiger partial charge in [0.1, 0.15) is 0 Å². The topological polar surface area (TPSA) is 81.8 Å². The number of hydrogen-bond donors (Lipinski definition) is 0. The fourth-order valence-electron chi connectivity index (χ4n) is 2.18. The smallest absolute Gasteiger partial charge is 0.363 e. The average molecular weight is 308 g/mol. The Morgan fingerprint density at radius 3 is 2.61 bits per heavy atom. The highest BCUT2D eigenvalue weighted by molar-refractivity contribution is 6.13. The van der Waals surface area contributed by atoms with Crippen LogP contribution in [-0.4, -0.2) is 16.8 Å². The molecular weight excluding hydrogens is 296 g/mol. The maximum Gasteiger partial charge on any atom is 0.363 e. The monoisotopic (exact) mass is 308 g/mol. The molecule has 2 aromatic carbocycles. The summed E-state index contributed by atoms with van der Waals surface area (Å²) in [7, 11) is 0. The van der Waals surface area contributed by atoms with Gasteiger partial charge in [0.15, 0.2) is 5.70 Å². The number of nitro groups is 1. The largest absolute Gasteiger partial charge is 0.402 e. The normalized spacial score (nSPS) is 15.4. The average Bonchev–Trinajstić information content (AvgIpc) is 2.89. The molecule has 0 aromatic heterocycles. The Kier molecular flexibility index (Phi) is 3.72. The van der Waals surface area contributed by atoms with Crippen molar-refractivity contribution >= 4 is 23.6 Å². The van der Waals surface area contributed by atoms with Gasteiger partial charge in [0, 0.05) is 17.2 Å². The van der Waals surface area contributed by atoms with Gasteiger partial charge in [-0.15, -0.1) is 0 Å². The molecule has 6 heteroatoms. The van der Waals surface area contributed by atoms with Crippen LogP contribution < -0.4 is 0 Å². The predicted molar refractivity (Wildman–Crippen MR) is 84.9 cm³/mol. The molecule has 0 saturated carbocycles. The van der Waals surface area contributed by atoms with Gasteiger partial charge in [-0.1, -0.05) is 36.4 Å². The lowest BCUT2D eigenvalue weighted by atomic mass is 10.1. The molecule has 1 aliphatic heterocycles. The van der Waals surface area contributed by atoms with E-state index in [2.05, 4.69) is 4.99 Å². The SMILES string of the molecule is Cc1ccc(C2=N/C(=C\c3ccccc3)C(=O)O2)cc1[N+](=O)[O-]. The summed E-state index contributed by atoms with van der Waals surface area (Å²) >= 11 is 0. The van der Waals surface area contributed by atoms with Crippen LogP contribution in [0, 0.1) is 17.0 Å². The number of benzene rings is 2. The number of nitrogens with zero attached hydrogens (tertiary/aromatic N) is 2. The number of esters is 1. The van der Waals surface area contributed by atoms with E-state index in [1.165, 1.54) is 6.07 Å². The first kappa shape index (κ1) is 14.6. The quantitative estimate of drug-likeness (QED) is 0.377. The third kappa shape index (κ3) is 3.01. The molecule has 1 heterocycles. The molecule has 0 N–H and O–H groups in total. The van der Waals surface area contributed by atoms with Gasteiger partial charge in [-0.25, -0.2) is 9.79 Å². The summed E-state index contributed by atoms with van der Waals surface area (Å²) in [5.41, 5.74) is 1.87. The van der Waals surface area contributed by atoms with E-state index >= 15 is 0 Å². The molecule has 2 aromatic rings. The molecule has 0 aliphatic carbocycles. The van der Waals surface area contributed by atoms with Crippen molar-refractivity contribution in [2.45, 2.75) is 6.92 Å². The van der Waals surface area contributed by atoms with Gasteiger partial charge in [-0.3, -0.25) is 10.1 Å². The van der Waals surface area contributed by atoms with Crippen molar-refractivity contribution < 1.29 is 14.5 Å². The van der Waals surface area contributed by atoms with Crippen LogP contribution in [0.25, 0.3) is 6.08 Å². The van der Waals surface area contributed by atoms with E-state index in [1.54, 1.807) is 25.1 Å². The summed E-state index contributed by atoms with van der Waals surface area (Å²) in [6.07, 6.45) is 1.61. The molecule has 114 valence electrons. The van der Waals surface area contributed by atoms with Crippen LogP contribution in [0.15, 0.2) is 59.2 Å². The number of cyclic esters (lactones) is 1. The minimum absolute atomic E-state index is 0.0401. The molecule has 0 radical (unpaired) electrons. The van der Waals surface area contributed by atoms with Crippen LogP contribution in [-0.2, 0) is 9.53 Å². The van der Waals surface area contributed by atoms with E-state index in [9.17, 15) is 14.9 Å². The zero-order valence-corrected chi connectivity index (χ0v) is 12.2. The first-order valence-electron chi connectivity index (χ1n) is 6.87. The minimum atomic E-state index is -0.577. The maximum atomic E-state index is 11.9. The van der Waals surface area contributed by atoms with E-state index in [4.69, 9.17) is 4.74 Å². The number of carbonyl (C=O) groups excluding carboxylic acids is 1. The predicted octanol–water partition coefficient (Wildman–Crippen LogP) is 3.25. The van der Waals surface area contributed by atoms with Crippen molar-refractivity contribution in [3.05, 3.63) is 81.0 Å². The Labute approximate surface area is 131 Å². The Bertz CT molecular complexity index is 854. The number of aliphatic imine (C=N–C) groups is 1. The van der Waals surface area contributed by atoms with Crippen LogP contribution in [0.4, 0.5) is 5.69 Å². The minimum Gasteiger partial charge on any atom is -0.402 e. The first-order chi connectivity index (χ1) is 11.0. The maximum absolute atomic E-state index is 11.9. The van der Waals surface area contributed by atoms with E-state index in [0.29, 0.717) is 11.1 Å². The van der Waals surface area contributed by atoms with Gasteiger partial charge in [0.2, 0.25) is 5.90 Å². The first-order valence-corrected chi connectivity index (χ1v) is 6.87. The molecule has 0 amide bonds. The third-order valence-electron chi connectivity index (χ3n) is 3.38. The van der Waals surface area contributed by atoms with Crippen LogP contribution >= 0.6 is 0 Å². The highest BCUT2D eigenvalue weighted by Gasteiger charge is 2.25. The molecule has 0 unspecified atom stereocenters. The summed E-state index contributed by atoms with van der Waals surface area (Å²) in [4.78, 5) is 26.6. The van der Waals surface area contributed by atoms with Gasteiger partial charge in [-0.05, 0) is 24.6 Å². The fourth-order valence-corrected chi connectivity index (χ4v) is 2.18. The number of carbonyl (C=O) groups is 1. The Hall–Kier alpha value is -3.28. The second kappa shape index (κ2) is 5.84. The fraction of sp³-hybridized carbons (Fsp3) is 0.0588. The van der Waals surface area contributed by atoms with Crippen molar-refractivity contribution in [3.8, 4) is 0 Å². The van der Waals surface area contributed by atoms with Gasteiger partial charge < -0.3 is 4.74 Å². The second-order valence-corrected chi connectivity index (χ2v) is 5.01. The molecule has 6 nitrogen and oxygen atoms in total. The number of aryl methyl sites for hydroxylation is 1. The summed E-state index contributed by atoms with van der Waals surface area (Å²) in [6, 6.07) is 13.8. The van der Waals surface area contributed by atoms with Crippen molar-refractivity contribution in [3.63, 3.8) is 0 Å². The highest BCUT2D eigenvalue weighted by Crippen LogP contribution is 2.24. The molecule has 3 rings (SSSR count). The molecule has 23 heavy (non-hydrogen) atoms. The molecule has 0 bridgehead atoms.